The highest BCUT2D eigenvalue weighted by molar-refractivity contribution is 8.11. The predicted octanol–water partition coefficient (Wildman–Crippen LogP) is 15.9. The van der Waals surface area contributed by atoms with Crippen LogP contribution in [0.1, 0.15) is 74.9 Å². The van der Waals surface area contributed by atoms with Crippen molar-refractivity contribution >= 4 is 40.9 Å². The van der Waals surface area contributed by atoms with Gasteiger partial charge in [-0.15, -0.1) is 0 Å². The molecule has 0 saturated carbocycles. The second-order valence-electron chi connectivity index (χ2n) is 15.4. The van der Waals surface area contributed by atoms with Crippen molar-refractivity contribution in [1.29, 1.82) is 0 Å². The minimum Gasteiger partial charge on any atom is -0.0991 e. The maximum atomic E-state index is 4.49. The molecule has 0 N–H and O–H groups in total. The van der Waals surface area contributed by atoms with Crippen LogP contribution in [0.5, 0.6) is 0 Å². The number of fused-ring (bicyclic) bond motifs is 6. The monoisotopic (exact) mass is 772 g/mol. The molecule has 3 heteroatoms. The first-order valence-electron chi connectivity index (χ1n) is 18.8. The van der Waals surface area contributed by atoms with Crippen LogP contribution in [0.4, 0.5) is 0 Å². The average Bonchev–Trinajstić information content (AvgIpc) is 3.40. The topological polar surface area (TPSA) is 0 Å². The van der Waals surface area contributed by atoms with Gasteiger partial charge in [-0.2, -0.15) is 0 Å². The van der Waals surface area contributed by atoms with Gasteiger partial charge in [-0.05, 0) is 102 Å². The molecule has 1 aliphatic heterocycles. The zero-order valence-electron chi connectivity index (χ0n) is 33.4. The van der Waals surface area contributed by atoms with Crippen LogP contribution >= 0.6 is 35.3 Å². The minimum atomic E-state index is -0.169. The lowest BCUT2D eigenvalue weighted by molar-refractivity contribution is 0.630. The second kappa shape index (κ2) is 16.8. The number of hydrogen-bond acceptors (Lipinski definition) is 3. The van der Waals surface area contributed by atoms with E-state index in [1.54, 1.807) is 11.8 Å². The Morgan fingerprint density at radius 1 is 0.800 bits per heavy atom. The summed E-state index contributed by atoms with van der Waals surface area (Å²) in [5, 5.41) is 0. The predicted molar refractivity (Wildman–Crippen MR) is 248 cm³/mol. The SMILES string of the molecule is C=C\C=C/C=C(\C=C\C=C1/Sc2c(ccc3c2C/C=C\C=C/C(=C)C3(C)C)SC1=C)c1ccc2c(c1)C(C)(C)c1ccc(C)c(SC(/C=C\C=C)=C(C)C)c1-2. The molecule has 0 aromatic heterocycles. The number of rotatable bonds is 9. The summed E-state index contributed by atoms with van der Waals surface area (Å²) in [5.74, 6) is 0. The van der Waals surface area contributed by atoms with Gasteiger partial charge in [0, 0.05) is 45.8 Å². The van der Waals surface area contributed by atoms with Crippen LogP contribution in [0.15, 0.2) is 194 Å². The van der Waals surface area contributed by atoms with Gasteiger partial charge in [0.05, 0.1) is 0 Å². The number of benzene rings is 3. The molecule has 1 heterocycles. The molecule has 0 unspecified atom stereocenters. The van der Waals surface area contributed by atoms with Gasteiger partial charge in [0.1, 0.15) is 0 Å². The van der Waals surface area contributed by atoms with Crippen molar-refractivity contribution in [3.05, 3.63) is 213 Å². The first kappa shape index (κ1) is 40.3. The van der Waals surface area contributed by atoms with Crippen molar-refractivity contribution < 1.29 is 0 Å². The molecular formula is C52H52S3. The van der Waals surface area contributed by atoms with Crippen LogP contribution in [-0.2, 0) is 17.3 Å². The maximum absolute atomic E-state index is 4.49. The fourth-order valence-electron chi connectivity index (χ4n) is 7.38. The van der Waals surface area contributed by atoms with Gasteiger partial charge < -0.3 is 0 Å². The molecule has 0 bridgehead atoms. The summed E-state index contributed by atoms with van der Waals surface area (Å²) in [6.07, 6.45) is 30.3. The van der Waals surface area contributed by atoms with E-state index < -0.39 is 0 Å². The fraction of sp³-hybridized carbons (Fsp3) is 0.192. The van der Waals surface area contributed by atoms with Crippen LogP contribution < -0.4 is 0 Å². The first-order chi connectivity index (χ1) is 26.3. The van der Waals surface area contributed by atoms with Gasteiger partial charge in [-0.25, -0.2) is 0 Å². The Morgan fingerprint density at radius 2 is 1.56 bits per heavy atom. The molecule has 2 aliphatic carbocycles. The Morgan fingerprint density at radius 3 is 2.31 bits per heavy atom. The van der Waals surface area contributed by atoms with E-state index in [9.17, 15) is 0 Å². The van der Waals surface area contributed by atoms with Gasteiger partial charge in [-0.1, -0.05) is 198 Å². The van der Waals surface area contributed by atoms with Gasteiger partial charge in [0.15, 0.2) is 0 Å². The summed E-state index contributed by atoms with van der Waals surface area (Å²) in [7, 11) is 0. The van der Waals surface area contributed by atoms with Gasteiger partial charge in [-0.3, -0.25) is 0 Å². The van der Waals surface area contributed by atoms with Crippen molar-refractivity contribution in [1.82, 2.24) is 0 Å². The van der Waals surface area contributed by atoms with Gasteiger partial charge >= 0.3 is 0 Å². The summed E-state index contributed by atoms with van der Waals surface area (Å²) in [4.78, 5) is 7.42. The molecule has 0 radical (unpaired) electrons. The Balaban J connectivity index is 1.37. The highest BCUT2D eigenvalue weighted by atomic mass is 32.2. The molecule has 6 rings (SSSR count). The standard InChI is InChI=1S/C52H52S3/c1-12-14-17-22-38(23-20-26-46-37(7)53-47-32-31-42-41(50(47)55-46)24-19-16-18-21-36(6)51(42,8)9)39-28-29-40-44(33-39)52(10,11)43-30-27-35(5)49(48(40)43)54-45(34(3)4)25-15-13-2/h12-23,25-33H,1-2,6-7,24H2,3-5,8-11H3/b17-14-,19-16-,21-18-,23-20+,25-15-,38-22+,46-26-. The van der Waals surface area contributed by atoms with Crippen molar-refractivity contribution in [3.63, 3.8) is 0 Å². The lowest BCUT2D eigenvalue weighted by Gasteiger charge is -2.32. The Kier molecular flexibility index (Phi) is 12.3. The van der Waals surface area contributed by atoms with E-state index in [1.807, 2.05) is 47.8 Å². The average molecular weight is 773 g/mol. The van der Waals surface area contributed by atoms with Crippen LogP contribution in [0.25, 0.3) is 16.7 Å². The zero-order chi connectivity index (χ0) is 39.5. The molecule has 0 fully saturated rings. The maximum Gasteiger partial charge on any atom is 0.0300 e. The molecule has 0 nitrogen and oxygen atoms in total. The van der Waals surface area contributed by atoms with E-state index >= 15 is 0 Å². The van der Waals surface area contributed by atoms with Crippen LogP contribution in [-0.4, -0.2) is 0 Å². The fourth-order valence-corrected chi connectivity index (χ4v) is 10.8. The number of allylic oxidation sites excluding steroid dienone is 17. The Hall–Kier alpha value is -4.41. The molecule has 0 atom stereocenters. The molecule has 55 heavy (non-hydrogen) atoms. The summed E-state index contributed by atoms with van der Waals surface area (Å²) in [6.45, 7) is 32.6. The molecule has 278 valence electrons. The lowest BCUT2D eigenvalue weighted by Crippen LogP contribution is -2.21. The lowest BCUT2D eigenvalue weighted by atomic mass is 9.76. The van der Waals surface area contributed by atoms with E-state index in [0.717, 1.165) is 22.5 Å². The van der Waals surface area contributed by atoms with Gasteiger partial charge in [0.25, 0.3) is 0 Å². The molecule has 0 spiro atoms. The quantitative estimate of drug-likeness (QED) is 0.157. The van der Waals surface area contributed by atoms with Crippen LogP contribution in [0.2, 0.25) is 0 Å². The van der Waals surface area contributed by atoms with Crippen LogP contribution in [0, 0.1) is 6.92 Å². The summed E-state index contributed by atoms with van der Waals surface area (Å²) in [6, 6.07) is 16.2. The van der Waals surface area contributed by atoms with Crippen LogP contribution in [0.3, 0.4) is 0 Å². The van der Waals surface area contributed by atoms with E-state index in [1.165, 1.54) is 74.6 Å². The van der Waals surface area contributed by atoms with E-state index in [4.69, 9.17) is 0 Å². The van der Waals surface area contributed by atoms with E-state index in [-0.39, 0.29) is 10.8 Å². The van der Waals surface area contributed by atoms with Crippen molar-refractivity contribution in [2.45, 2.75) is 80.4 Å². The second-order valence-corrected chi connectivity index (χ2v) is 18.6. The largest absolute Gasteiger partial charge is 0.0991 e. The number of aryl methyl sites for hydroxylation is 1. The van der Waals surface area contributed by atoms with Gasteiger partial charge in [0.2, 0.25) is 0 Å². The van der Waals surface area contributed by atoms with E-state index in [0.29, 0.717) is 0 Å². The highest BCUT2D eigenvalue weighted by Gasteiger charge is 2.38. The van der Waals surface area contributed by atoms with E-state index in [2.05, 4.69) is 178 Å². The number of hydrogen-bond donors (Lipinski definition) is 0. The molecular weight excluding hydrogens is 721 g/mol. The molecule has 3 aliphatic rings. The molecule has 0 amide bonds. The third kappa shape index (κ3) is 8.12. The van der Waals surface area contributed by atoms with Crippen molar-refractivity contribution in [2.75, 3.05) is 0 Å². The molecule has 3 aromatic carbocycles. The normalized spacial score (nSPS) is 19.0. The summed E-state index contributed by atoms with van der Waals surface area (Å²) < 4.78 is 0. The minimum absolute atomic E-state index is 0.150. The van der Waals surface area contributed by atoms with Crippen molar-refractivity contribution in [3.8, 4) is 11.1 Å². The number of thioether (sulfide) groups is 3. The Labute approximate surface area is 343 Å². The summed E-state index contributed by atoms with van der Waals surface area (Å²) >= 11 is 5.48. The molecule has 0 saturated heterocycles. The van der Waals surface area contributed by atoms with Crippen molar-refractivity contribution in [2.24, 2.45) is 0 Å². The highest BCUT2D eigenvalue weighted by Crippen LogP contribution is 2.55. The summed E-state index contributed by atoms with van der Waals surface area (Å²) in [5.41, 5.74) is 13.8. The smallest absolute Gasteiger partial charge is 0.0300 e. The molecule has 3 aromatic rings. The third-order valence-corrected chi connectivity index (χ3v) is 14.8. The Bertz CT molecular complexity index is 2350. The first-order valence-corrected chi connectivity index (χ1v) is 21.3. The third-order valence-electron chi connectivity index (χ3n) is 10.7. The zero-order valence-corrected chi connectivity index (χ0v) is 35.8.